The van der Waals surface area contributed by atoms with Crippen molar-refractivity contribution in [1.29, 1.82) is 0 Å². The summed E-state index contributed by atoms with van der Waals surface area (Å²) in [7, 11) is 0. The van der Waals surface area contributed by atoms with Crippen LogP contribution in [-0.2, 0) is 4.74 Å². The predicted molar refractivity (Wildman–Crippen MR) is 117 cm³/mol. The Morgan fingerprint density at radius 1 is 1.09 bits per heavy atom. The van der Waals surface area contributed by atoms with Gasteiger partial charge in [-0.25, -0.2) is 14.4 Å². The Kier molecular flexibility index (Phi) is 5.45. The minimum Gasteiger partial charge on any atom is -0.391 e. The molecule has 0 amide bonds. The zero-order valence-electron chi connectivity index (χ0n) is 17.4. The average molecular weight is 441 g/mol. The van der Waals surface area contributed by atoms with E-state index in [1.165, 1.54) is 17.1 Å². The first kappa shape index (κ1) is 20.4. The summed E-state index contributed by atoms with van der Waals surface area (Å²) >= 11 is 0. The molecule has 0 bridgehead atoms. The van der Waals surface area contributed by atoms with Gasteiger partial charge in [0.25, 0.3) is 0 Å². The largest absolute Gasteiger partial charge is 0.391 e. The fraction of sp³-hybridized carbons (Fsp3) is 0.400. The number of ether oxygens (including phenoxy) is 1. The highest BCUT2D eigenvalue weighted by molar-refractivity contribution is 5.62. The molecule has 0 radical (unpaired) electrons. The first-order valence-electron chi connectivity index (χ1n) is 10.4. The van der Waals surface area contributed by atoms with E-state index in [-0.39, 0.29) is 23.7 Å². The van der Waals surface area contributed by atoms with Gasteiger partial charge in [0.15, 0.2) is 5.82 Å². The highest BCUT2D eigenvalue weighted by Crippen LogP contribution is 2.27. The van der Waals surface area contributed by atoms with Crippen molar-refractivity contribution in [2.24, 2.45) is 0 Å². The smallest absolute Gasteiger partial charge is 0.241 e. The van der Waals surface area contributed by atoms with Crippen LogP contribution in [0.15, 0.2) is 30.6 Å². The van der Waals surface area contributed by atoms with Crippen LogP contribution in [0.1, 0.15) is 6.42 Å². The topological polar surface area (TPSA) is 130 Å². The van der Waals surface area contributed by atoms with Crippen molar-refractivity contribution in [2.45, 2.75) is 12.5 Å². The number of hydrogen-bond donors (Lipinski definition) is 3. The van der Waals surface area contributed by atoms with Crippen LogP contribution < -0.4 is 20.9 Å². The molecule has 0 spiro atoms. The molecule has 0 aliphatic carbocycles. The van der Waals surface area contributed by atoms with Gasteiger partial charge in [0.05, 0.1) is 25.0 Å². The third kappa shape index (κ3) is 4.14. The number of halogens is 1. The minimum atomic E-state index is -0.420. The van der Waals surface area contributed by atoms with Gasteiger partial charge in [0.2, 0.25) is 11.9 Å². The van der Waals surface area contributed by atoms with E-state index in [9.17, 15) is 9.50 Å². The maximum Gasteiger partial charge on any atom is 0.241 e. The molecule has 2 saturated heterocycles. The molecule has 32 heavy (non-hydrogen) atoms. The van der Waals surface area contributed by atoms with E-state index in [0.29, 0.717) is 44.4 Å². The normalized spacial score (nSPS) is 18.9. The Balaban J connectivity index is 1.40. The average Bonchev–Trinajstić information content (AvgIpc) is 3.41. The summed E-state index contributed by atoms with van der Waals surface area (Å²) in [6, 6.07) is 6.73. The lowest BCUT2D eigenvalue weighted by molar-refractivity contribution is 0.122. The predicted octanol–water partition coefficient (Wildman–Crippen LogP) is 0.930. The molecule has 4 N–H and O–H groups in total. The number of anilines is 5. The number of nitrogens with two attached hydrogens (primary N) is 1. The number of β-amino-alcohol motifs (C(OH)–C–C–N with tert-alkyl or cyclic N) is 1. The molecule has 12 heteroatoms. The summed E-state index contributed by atoms with van der Waals surface area (Å²) in [5.41, 5.74) is 6.87. The summed E-state index contributed by atoms with van der Waals surface area (Å²) in [5, 5.41) is 17.0. The maximum absolute atomic E-state index is 14.9. The molecule has 168 valence electrons. The van der Waals surface area contributed by atoms with Crippen LogP contribution in [0.25, 0.3) is 5.82 Å². The first-order valence-corrected chi connectivity index (χ1v) is 10.4. The molecule has 2 aliphatic rings. The Labute approximate surface area is 183 Å². The summed E-state index contributed by atoms with van der Waals surface area (Å²) in [5.74, 6) is 0.916. The van der Waals surface area contributed by atoms with E-state index >= 15 is 0 Å². The van der Waals surface area contributed by atoms with Crippen molar-refractivity contribution in [2.75, 3.05) is 60.2 Å². The molecule has 0 saturated carbocycles. The molecule has 0 unspecified atom stereocenters. The van der Waals surface area contributed by atoms with Crippen LogP contribution in [0.3, 0.4) is 0 Å². The molecular formula is C20H24FN9O2. The van der Waals surface area contributed by atoms with Gasteiger partial charge in [-0.2, -0.15) is 9.67 Å². The molecule has 11 nitrogen and oxygen atoms in total. The Hall–Kier alpha value is -3.51. The van der Waals surface area contributed by atoms with E-state index in [4.69, 9.17) is 10.5 Å². The van der Waals surface area contributed by atoms with Gasteiger partial charge in [-0.05, 0) is 24.6 Å². The van der Waals surface area contributed by atoms with Crippen LogP contribution in [-0.4, -0.2) is 75.3 Å². The Morgan fingerprint density at radius 3 is 2.66 bits per heavy atom. The molecule has 2 aliphatic heterocycles. The number of hydrogen-bond acceptors (Lipinski definition) is 10. The SMILES string of the molecule is Nc1nc(Nc2ccc(N3CCOCC3)cc2F)n(-c2cc(N3CC[C@@H](O)C3)ncn2)n1. The Morgan fingerprint density at radius 2 is 1.91 bits per heavy atom. The molecule has 1 aromatic carbocycles. The lowest BCUT2D eigenvalue weighted by Crippen LogP contribution is -2.36. The molecule has 3 aromatic rings. The van der Waals surface area contributed by atoms with Crippen molar-refractivity contribution < 1.29 is 14.2 Å². The zero-order chi connectivity index (χ0) is 22.1. The number of nitrogen functional groups attached to an aromatic ring is 1. The zero-order valence-corrected chi connectivity index (χ0v) is 17.4. The van der Waals surface area contributed by atoms with Gasteiger partial charge >= 0.3 is 0 Å². The summed E-state index contributed by atoms with van der Waals surface area (Å²) in [4.78, 5) is 16.8. The fourth-order valence-electron chi connectivity index (χ4n) is 3.89. The molecule has 4 heterocycles. The van der Waals surface area contributed by atoms with Gasteiger partial charge in [0, 0.05) is 37.9 Å². The van der Waals surface area contributed by atoms with Gasteiger partial charge in [-0.15, -0.1) is 5.10 Å². The summed E-state index contributed by atoms with van der Waals surface area (Å²) in [6.07, 6.45) is 1.72. The van der Waals surface area contributed by atoms with E-state index in [0.717, 1.165) is 18.8 Å². The minimum absolute atomic E-state index is 0.0228. The summed E-state index contributed by atoms with van der Waals surface area (Å²) < 4.78 is 21.6. The van der Waals surface area contributed by atoms with Gasteiger partial charge in [-0.3, -0.25) is 0 Å². The number of benzene rings is 1. The van der Waals surface area contributed by atoms with E-state index < -0.39 is 5.82 Å². The van der Waals surface area contributed by atoms with E-state index in [1.54, 1.807) is 12.1 Å². The van der Waals surface area contributed by atoms with E-state index in [1.807, 2.05) is 11.0 Å². The molecule has 2 fully saturated rings. The van der Waals surface area contributed by atoms with Crippen molar-refractivity contribution in [3.63, 3.8) is 0 Å². The second kappa shape index (κ2) is 8.55. The second-order valence-electron chi connectivity index (χ2n) is 7.72. The number of aliphatic hydroxyl groups is 1. The molecule has 1 atom stereocenters. The van der Waals surface area contributed by atoms with Crippen molar-refractivity contribution in [3.8, 4) is 5.82 Å². The first-order chi connectivity index (χ1) is 15.6. The van der Waals surface area contributed by atoms with Crippen LogP contribution in [0, 0.1) is 5.82 Å². The number of nitrogens with zero attached hydrogens (tertiary/aromatic N) is 7. The van der Waals surface area contributed by atoms with Crippen LogP contribution in [0.4, 0.5) is 33.5 Å². The van der Waals surface area contributed by atoms with Gasteiger partial charge in [-0.1, -0.05) is 0 Å². The van der Waals surface area contributed by atoms with Gasteiger partial charge in [0.1, 0.15) is 18.0 Å². The maximum atomic E-state index is 14.9. The highest BCUT2D eigenvalue weighted by atomic mass is 19.1. The number of aromatic nitrogens is 5. The Bertz CT molecular complexity index is 1100. The van der Waals surface area contributed by atoms with Crippen molar-refractivity contribution in [3.05, 3.63) is 36.4 Å². The lowest BCUT2D eigenvalue weighted by atomic mass is 10.2. The molecule has 2 aromatic heterocycles. The number of rotatable bonds is 5. The van der Waals surface area contributed by atoms with Crippen LogP contribution >= 0.6 is 0 Å². The summed E-state index contributed by atoms with van der Waals surface area (Å²) in [6.45, 7) is 3.90. The number of morpholine rings is 1. The molecule has 5 rings (SSSR count). The fourth-order valence-corrected chi connectivity index (χ4v) is 3.89. The van der Waals surface area contributed by atoms with Gasteiger partial charge < -0.3 is 30.7 Å². The highest BCUT2D eigenvalue weighted by Gasteiger charge is 2.23. The third-order valence-corrected chi connectivity index (χ3v) is 5.54. The number of aliphatic hydroxyl groups excluding tert-OH is 1. The second-order valence-corrected chi connectivity index (χ2v) is 7.72. The van der Waals surface area contributed by atoms with Crippen LogP contribution in [0.2, 0.25) is 0 Å². The standard InChI is InChI=1S/C20H24FN9O2/c21-15-9-13(28-5-7-32-8-6-28)1-2-16(15)25-20-26-19(22)27-30(20)18-10-17(23-12-24-18)29-4-3-14(31)11-29/h1-2,9-10,12,14,31H,3-8,11H2,(H3,22,25,26,27)/t14-/m1/s1. The van der Waals surface area contributed by atoms with Crippen LogP contribution in [0.5, 0.6) is 0 Å². The van der Waals surface area contributed by atoms with E-state index in [2.05, 4.69) is 30.3 Å². The van der Waals surface area contributed by atoms with Crippen molar-refractivity contribution in [1.82, 2.24) is 24.7 Å². The lowest BCUT2D eigenvalue weighted by Gasteiger charge is -2.29. The third-order valence-electron chi connectivity index (χ3n) is 5.54. The molecular weight excluding hydrogens is 417 g/mol. The quantitative estimate of drug-likeness (QED) is 0.525. The van der Waals surface area contributed by atoms with Crippen molar-refractivity contribution >= 4 is 29.1 Å². The number of nitrogens with one attached hydrogen (secondary N) is 1. The monoisotopic (exact) mass is 441 g/mol.